The van der Waals surface area contributed by atoms with E-state index in [-0.39, 0.29) is 17.0 Å². The highest BCUT2D eigenvalue weighted by Gasteiger charge is 2.05. The van der Waals surface area contributed by atoms with Gasteiger partial charge in [0.2, 0.25) is 6.33 Å². The summed E-state index contributed by atoms with van der Waals surface area (Å²) in [5, 5.41) is 4.38. The summed E-state index contributed by atoms with van der Waals surface area (Å²) < 4.78 is 4.21. The van der Waals surface area contributed by atoms with Gasteiger partial charge in [0.25, 0.3) is 6.33 Å². The van der Waals surface area contributed by atoms with Crippen LogP contribution in [-0.2, 0) is 19.5 Å². The minimum absolute atomic E-state index is 0. The average molecular weight is 324 g/mol. The van der Waals surface area contributed by atoms with Crippen LogP contribution in [-0.4, -0.2) is 9.78 Å². The van der Waals surface area contributed by atoms with Crippen molar-refractivity contribution in [2.45, 2.75) is 45.7 Å². The predicted molar refractivity (Wildman–Crippen MR) is 72.1 cm³/mol. The molecular weight excluding hydrogens is 302 g/mol. The molecule has 104 valence electrons. The van der Waals surface area contributed by atoms with Crippen LogP contribution < -0.4 is 21.5 Å². The maximum Gasteiger partial charge on any atom is 0.265 e. The van der Waals surface area contributed by atoms with Crippen LogP contribution in [0.1, 0.15) is 31.7 Å². The molecule has 2 rings (SSSR count). The van der Waals surface area contributed by atoms with Crippen LogP contribution in [0.15, 0.2) is 43.0 Å². The van der Waals surface area contributed by atoms with E-state index in [0.29, 0.717) is 0 Å². The molecule has 0 saturated heterocycles. The lowest BCUT2D eigenvalue weighted by atomic mass is 10.1. The van der Waals surface area contributed by atoms with Gasteiger partial charge in [0.05, 0.1) is 6.54 Å². The summed E-state index contributed by atoms with van der Waals surface area (Å²) in [6.45, 7) is 4.26. The smallest absolute Gasteiger partial charge is 0.265 e. The van der Waals surface area contributed by atoms with Crippen LogP contribution >= 0.6 is 0 Å². The summed E-state index contributed by atoms with van der Waals surface area (Å²) in [5.41, 5.74) is 1.38. The Kier molecular flexibility index (Phi) is 7.41. The lowest BCUT2D eigenvalue weighted by Crippen LogP contribution is -3.00. The first-order valence-corrected chi connectivity index (χ1v) is 6.84. The monoisotopic (exact) mass is 323 g/mol. The van der Waals surface area contributed by atoms with E-state index in [1.165, 1.54) is 24.8 Å². The quantitative estimate of drug-likeness (QED) is 0.502. The fourth-order valence-corrected chi connectivity index (χ4v) is 2.02. The normalized spacial score (nSPS) is 10.2. The van der Waals surface area contributed by atoms with E-state index in [4.69, 9.17) is 0 Å². The van der Waals surface area contributed by atoms with Gasteiger partial charge in [0.1, 0.15) is 6.54 Å². The number of hydrogen-bond acceptors (Lipinski definition) is 1. The second kappa shape index (κ2) is 8.86. The number of benzene rings is 1. The molecule has 0 N–H and O–H groups in total. The number of nitrogens with zero attached hydrogens (tertiary/aromatic N) is 3. The number of hydrogen-bond donors (Lipinski definition) is 0. The van der Waals surface area contributed by atoms with Gasteiger partial charge in [-0.3, -0.25) is 0 Å². The predicted octanol–water partition coefficient (Wildman–Crippen LogP) is -0.392. The molecule has 0 unspecified atom stereocenters. The van der Waals surface area contributed by atoms with E-state index >= 15 is 0 Å². The fourth-order valence-electron chi connectivity index (χ4n) is 2.02. The topological polar surface area (TPSA) is 21.7 Å². The van der Waals surface area contributed by atoms with Crippen LogP contribution in [0.25, 0.3) is 0 Å². The molecule has 0 bridgehead atoms. The van der Waals surface area contributed by atoms with Crippen molar-refractivity contribution >= 4 is 0 Å². The Balaban J connectivity index is 0.00000180. The van der Waals surface area contributed by atoms with Crippen molar-refractivity contribution in [1.29, 1.82) is 0 Å². The zero-order valence-electron chi connectivity index (χ0n) is 11.5. The van der Waals surface area contributed by atoms with Crippen molar-refractivity contribution in [2.75, 3.05) is 0 Å². The van der Waals surface area contributed by atoms with Gasteiger partial charge < -0.3 is 17.0 Å². The first kappa shape index (κ1) is 15.9. The lowest BCUT2D eigenvalue weighted by Gasteiger charge is -1.98. The van der Waals surface area contributed by atoms with Gasteiger partial charge in [-0.1, -0.05) is 50.1 Å². The fraction of sp³-hybridized carbons (Fsp3) is 0.467. The SMILES string of the molecule is CCCCCn1c[n+](CCc2ccccc2)cn1.[Br-]. The van der Waals surface area contributed by atoms with E-state index in [9.17, 15) is 0 Å². The Hall–Kier alpha value is -1.16. The summed E-state index contributed by atoms with van der Waals surface area (Å²) in [4.78, 5) is 0. The third-order valence-corrected chi connectivity index (χ3v) is 3.12. The van der Waals surface area contributed by atoms with Gasteiger partial charge in [0.15, 0.2) is 0 Å². The molecule has 0 radical (unpaired) electrons. The third-order valence-electron chi connectivity index (χ3n) is 3.12. The van der Waals surface area contributed by atoms with Crippen LogP contribution in [0.2, 0.25) is 0 Å². The molecular formula is C15H22BrN3. The van der Waals surface area contributed by atoms with Gasteiger partial charge >= 0.3 is 0 Å². The summed E-state index contributed by atoms with van der Waals surface area (Å²) in [6, 6.07) is 10.6. The molecule has 0 saturated carbocycles. The molecule has 0 fully saturated rings. The standard InChI is InChI=1S/C15H22N3.BrH/c1-2-3-7-11-18-14-17(13-16-18)12-10-15-8-5-4-6-9-15;/h4-6,8-9,13-14H,2-3,7,10-12H2,1H3;1H/q+1;/p-1. The average Bonchev–Trinajstić information content (AvgIpc) is 2.86. The Labute approximate surface area is 126 Å². The molecule has 0 aliphatic rings. The number of rotatable bonds is 7. The maximum absolute atomic E-state index is 4.38. The van der Waals surface area contributed by atoms with E-state index < -0.39 is 0 Å². The highest BCUT2D eigenvalue weighted by molar-refractivity contribution is 5.14. The minimum Gasteiger partial charge on any atom is -1.00 e. The summed E-state index contributed by atoms with van der Waals surface area (Å²) >= 11 is 0. The number of aromatic nitrogens is 3. The van der Waals surface area contributed by atoms with E-state index in [2.05, 4.69) is 53.2 Å². The van der Waals surface area contributed by atoms with Gasteiger partial charge in [-0.05, 0) is 12.0 Å². The molecule has 0 spiro atoms. The van der Waals surface area contributed by atoms with Crippen molar-refractivity contribution in [2.24, 2.45) is 0 Å². The first-order valence-electron chi connectivity index (χ1n) is 6.84. The van der Waals surface area contributed by atoms with Crippen molar-refractivity contribution in [3.8, 4) is 0 Å². The molecule has 0 atom stereocenters. The Morgan fingerprint density at radius 2 is 1.95 bits per heavy atom. The summed E-state index contributed by atoms with van der Waals surface area (Å²) in [5.74, 6) is 0. The maximum atomic E-state index is 4.38. The summed E-state index contributed by atoms with van der Waals surface area (Å²) in [7, 11) is 0. The molecule has 0 aliphatic carbocycles. The van der Waals surface area contributed by atoms with E-state index in [1.807, 2.05) is 11.0 Å². The highest BCUT2D eigenvalue weighted by Crippen LogP contribution is 1.99. The molecule has 4 heteroatoms. The molecule has 1 aromatic carbocycles. The van der Waals surface area contributed by atoms with E-state index in [1.54, 1.807) is 0 Å². The van der Waals surface area contributed by atoms with E-state index in [0.717, 1.165) is 19.5 Å². The molecule has 3 nitrogen and oxygen atoms in total. The second-order valence-corrected chi connectivity index (χ2v) is 4.69. The molecule has 1 aromatic heterocycles. The van der Waals surface area contributed by atoms with Crippen LogP contribution in [0.3, 0.4) is 0 Å². The highest BCUT2D eigenvalue weighted by atomic mass is 79.9. The Bertz CT molecular complexity index is 453. The second-order valence-electron chi connectivity index (χ2n) is 4.69. The minimum atomic E-state index is 0. The van der Waals surface area contributed by atoms with Crippen LogP contribution in [0.5, 0.6) is 0 Å². The molecule has 19 heavy (non-hydrogen) atoms. The zero-order valence-corrected chi connectivity index (χ0v) is 13.1. The third kappa shape index (κ3) is 5.55. The van der Waals surface area contributed by atoms with Crippen molar-refractivity contribution < 1.29 is 21.5 Å². The zero-order chi connectivity index (χ0) is 12.6. The number of aryl methyl sites for hydroxylation is 3. The van der Waals surface area contributed by atoms with Gasteiger partial charge in [-0.15, -0.1) is 4.68 Å². The van der Waals surface area contributed by atoms with Crippen molar-refractivity contribution in [3.63, 3.8) is 0 Å². The number of unbranched alkanes of at least 4 members (excludes halogenated alkanes) is 2. The summed E-state index contributed by atoms with van der Waals surface area (Å²) in [6.07, 6.45) is 8.86. The van der Waals surface area contributed by atoms with Gasteiger partial charge in [-0.25, -0.2) is 4.57 Å². The molecule has 2 aromatic rings. The molecule has 0 aliphatic heterocycles. The lowest BCUT2D eigenvalue weighted by molar-refractivity contribution is -0.697. The van der Waals surface area contributed by atoms with Gasteiger partial charge in [0, 0.05) is 11.5 Å². The molecule has 0 amide bonds. The van der Waals surface area contributed by atoms with Crippen LogP contribution in [0.4, 0.5) is 0 Å². The Morgan fingerprint density at radius 3 is 2.68 bits per heavy atom. The number of halogens is 1. The van der Waals surface area contributed by atoms with Gasteiger partial charge in [-0.2, -0.15) is 0 Å². The Morgan fingerprint density at radius 1 is 1.16 bits per heavy atom. The van der Waals surface area contributed by atoms with Crippen molar-refractivity contribution in [3.05, 3.63) is 48.5 Å². The first-order chi connectivity index (χ1) is 8.88. The van der Waals surface area contributed by atoms with Crippen molar-refractivity contribution in [1.82, 2.24) is 9.78 Å². The largest absolute Gasteiger partial charge is 1.00 e. The van der Waals surface area contributed by atoms with Crippen LogP contribution in [0, 0.1) is 0 Å². The molecule has 1 heterocycles.